The van der Waals surface area contributed by atoms with Gasteiger partial charge < -0.3 is 37.9 Å². The van der Waals surface area contributed by atoms with Crippen LogP contribution in [0.15, 0.2) is 85.5 Å². The first-order chi connectivity index (χ1) is 57.5. The quantitative estimate of drug-likeness (QED) is 0.0276. The number of rotatable bonds is 78. The normalized spacial score (nSPS) is 11.2. The third-order valence-electron chi connectivity index (χ3n) is 22.6. The van der Waals surface area contributed by atoms with Crippen molar-refractivity contribution in [2.24, 2.45) is 0 Å². The molecule has 0 bridgehead atoms. The van der Waals surface area contributed by atoms with Crippen LogP contribution in [0, 0.1) is 23.7 Å². The van der Waals surface area contributed by atoms with Crippen LogP contribution >= 0.6 is 0 Å². The third kappa shape index (κ3) is 50.4. The molecule has 5 rings (SSSR count). The van der Waals surface area contributed by atoms with Crippen LogP contribution in [0.1, 0.15) is 460 Å². The van der Waals surface area contributed by atoms with Crippen molar-refractivity contribution < 1.29 is 37.9 Å². The summed E-state index contributed by atoms with van der Waals surface area (Å²) in [5, 5.41) is 0. The summed E-state index contributed by atoms with van der Waals surface area (Å²) in [5.41, 5.74) is 4.83. The lowest BCUT2D eigenvalue weighted by atomic mass is 10.1. The van der Waals surface area contributed by atoms with Crippen molar-refractivity contribution in [3.05, 3.63) is 119 Å². The highest BCUT2D eigenvalue weighted by Crippen LogP contribution is 2.43. The molecule has 0 saturated heterocycles. The van der Waals surface area contributed by atoms with Gasteiger partial charge in [0.2, 0.25) is 11.5 Å². The first kappa shape index (κ1) is 100. The molecule has 0 aliphatic heterocycles. The van der Waals surface area contributed by atoms with E-state index in [1.54, 1.807) is 24.8 Å². The second-order valence-corrected chi connectivity index (χ2v) is 33.4. The average molecular weight is 1600 g/mol. The monoisotopic (exact) mass is 1600 g/mol. The highest BCUT2D eigenvalue weighted by Gasteiger charge is 2.21. The Morgan fingerprint density at radius 3 is 0.595 bits per heavy atom. The van der Waals surface area contributed by atoms with Crippen molar-refractivity contribution in [2.75, 3.05) is 39.6 Å². The minimum Gasteiger partial charge on any atom is -0.490 e. The third-order valence-corrected chi connectivity index (χ3v) is 22.6. The lowest BCUT2D eigenvalue weighted by molar-refractivity contribution is 0.232. The molecule has 2 heterocycles. The fourth-order valence-corrected chi connectivity index (χ4v) is 15.2. The molecular weight excluding hydrogens is 1430 g/mol. The molecule has 0 N–H and O–H groups in total. The summed E-state index contributed by atoms with van der Waals surface area (Å²) in [7, 11) is 0. The van der Waals surface area contributed by atoms with Crippen molar-refractivity contribution in [2.45, 2.75) is 440 Å². The van der Waals surface area contributed by atoms with E-state index in [4.69, 9.17) is 37.9 Å². The summed E-state index contributed by atoms with van der Waals surface area (Å²) in [5.74, 6) is 19.4. The van der Waals surface area contributed by atoms with E-state index >= 15 is 0 Å². The fraction of sp³-hybridized carbons (Fsp3) is 0.698. The van der Waals surface area contributed by atoms with Crippen molar-refractivity contribution in [1.29, 1.82) is 0 Å². The summed E-state index contributed by atoms with van der Waals surface area (Å²) in [4.78, 5) is 8.65. The molecule has 0 radical (unpaired) electrons. The Balaban J connectivity index is 1.53. The summed E-state index contributed by atoms with van der Waals surface area (Å²) in [6.07, 6.45) is 82.8. The van der Waals surface area contributed by atoms with E-state index < -0.39 is 0 Å². The minimum absolute atomic E-state index is 0.209. The highest BCUT2D eigenvalue weighted by molar-refractivity contribution is 5.61. The first-order valence-corrected chi connectivity index (χ1v) is 48.9. The van der Waals surface area contributed by atoms with E-state index in [0.717, 1.165) is 99.3 Å². The molecule has 0 unspecified atom stereocenters. The van der Waals surface area contributed by atoms with Gasteiger partial charge in [-0.15, -0.1) is 0 Å². The number of hydrogen-bond donors (Lipinski definition) is 0. The Bertz CT molecular complexity index is 2930. The van der Waals surface area contributed by atoms with Crippen LogP contribution in [0.4, 0.5) is 0 Å². The lowest BCUT2D eigenvalue weighted by Gasteiger charge is -2.20. The molecule has 0 aliphatic rings. The number of aromatic nitrogens is 2. The molecule has 0 saturated carbocycles. The largest absolute Gasteiger partial charge is 0.490 e. The molecule has 0 atom stereocenters. The molecule has 650 valence electrons. The van der Waals surface area contributed by atoms with Crippen molar-refractivity contribution in [1.82, 2.24) is 9.97 Å². The second kappa shape index (κ2) is 72.5. The Morgan fingerprint density at radius 2 is 0.388 bits per heavy atom. The summed E-state index contributed by atoms with van der Waals surface area (Å²) in [6.45, 7) is 17.8. The van der Waals surface area contributed by atoms with Crippen molar-refractivity contribution in [3.63, 3.8) is 0 Å². The lowest BCUT2D eigenvalue weighted by Crippen LogP contribution is -2.08. The Hall–Kier alpha value is -6.52. The second-order valence-electron chi connectivity index (χ2n) is 33.4. The van der Waals surface area contributed by atoms with Crippen LogP contribution in [0.2, 0.25) is 0 Å². The molecule has 2 aromatic heterocycles. The summed E-state index contributed by atoms with van der Waals surface area (Å²) >= 11 is 0. The molecule has 3 aromatic carbocycles. The molecule has 0 amide bonds. The standard InChI is InChI=1S/C106H168N2O8/c1-7-13-19-25-31-37-43-49-55-61-79-109-101-85-95(86-102(110-80-62-56-50-44-38-32-26-20-14-8-2)105(101)113-83-65-59-53-47-41-35-29-23-17-11-5)91-115-99-89-98(70-68-94-73-77-108-78-74-94)100(90-97(99)69-67-93-71-75-107-76-72-93)116-92-96-87-103(111-81-63-57-51-45-39-33-27-21-15-9-3)106(114-84-66-60-54-48-42-36-30-24-18-12-6)104(88-96)112-82-64-58-52-46-40-34-28-22-16-10-4/h71-78,85-90H,7-66,79-84,91-92H2,1-6H3. The Kier molecular flexibility index (Phi) is 62.5. The van der Waals surface area contributed by atoms with Gasteiger partial charge in [0.15, 0.2) is 23.0 Å². The van der Waals surface area contributed by atoms with Gasteiger partial charge in [0.25, 0.3) is 0 Å². The van der Waals surface area contributed by atoms with Crippen molar-refractivity contribution in [3.8, 4) is 69.7 Å². The maximum Gasteiger partial charge on any atom is 0.203 e. The van der Waals surface area contributed by atoms with Crippen LogP contribution in [0.3, 0.4) is 0 Å². The van der Waals surface area contributed by atoms with E-state index in [1.807, 2.05) is 36.4 Å². The summed E-state index contributed by atoms with van der Waals surface area (Å²) in [6, 6.07) is 20.2. The zero-order chi connectivity index (χ0) is 82.0. The van der Waals surface area contributed by atoms with Gasteiger partial charge in [-0.2, -0.15) is 0 Å². The van der Waals surface area contributed by atoms with Gasteiger partial charge in [-0.05, 0) is 98.2 Å². The number of benzene rings is 3. The number of ether oxygens (including phenoxy) is 8. The molecule has 5 aromatic rings. The van der Waals surface area contributed by atoms with Gasteiger partial charge in [-0.25, -0.2) is 0 Å². The number of nitrogens with zero attached hydrogens (tertiary/aromatic N) is 2. The molecule has 116 heavy (non-hydrogen) atoms. The molecule has 10 heteroatoms. The van der Waals surface area contributed by atoms with E-state index in [1.165, 1.54) is 308 Å². The van der Waals surface area contributed by atoms with Crippen LogP contribution in [0.5, 0.6) is 46.0 Å². The topological polar surface area (TPSA) is 99.6 Å². The van der Waals surface area contributed by atoms with Gasteiger partial charge >= 0.3 is 0 Å². The van der Waals surface area contributed by atoms with E-state index in [0.29, 0.717) is 96.8 Å². The van der Waals surface area contributed by atoms with Gasteiger partial charge in [-0.3, -0.25) is 9.97 Å². The predicted octanol–water partition coefficient (Wildman–Crippen LogP) is 32.2. The van der Waals surface area contributed by atoms with Crippen LogP contribution in [-0.2, 0) is 13.2 Å². The maximum absolute atomic E-state index is 7.13. The van der Waals surface area contributed by atoms with Crippen LogP contribution in [-0.4, -0.2) is 49.6 Å². The van der Waals surface area contributed by atoms with Gasteiger partial charge in [-0.1, -0.05) is 412 Å². The number of pyridine rings is 2. The smallest absolute Gasteiger partial charge is 0.203 e. The molecule has 0 fully saturated rings. The zero-order valence-corrected chi connectivity index (χ0v) is 75.3. The maximum atomic E-state index is 7.13. The van der Waals surface area contributed by atoms with Crippen molar-refractivity contribution >= 4 is 0 Å². The molecule has 0 spiro atoms. The number of unbranched alkanes of at least 4 members (excludes halogenated alkanes) is 54. The van der Waals surface area contributed by atoms with Gasteiger partial charge in [0, 0.05) is 48.0 Å². The molecular formula is C106H168N2O8. The average Bonchev–Trinajstić information content (AvgIpc) is 0.819. The SMILES string of the molecule is CCCCCCCCCCCCOc1cc(COc2cc(C#Cc3ccncc3)c(OCc3cc(OCCCCCCCCCCCC)c(OCCCCCCCCCCCC)c(OCCCCCCCCCCCC)c3)cc2C#Cc2ccncc2)cc(OCCCCCCCCCCCC)c1OCCCCCCCCCCCC. The minimum atomic E-state index is 0.209. The van der Waals surface area contributed by atoms with E-state index in [9.17, 15) is 0 Å². The van der Waals surface area contributed by atoms with Gasteiger partial charge in [0.1, 0.15) is 24.7 Å². The van der Waals surface area contributed by atoms with Crippen LogP contribution in [0.25, 0.3) is 0 Å². The zero-order valence-electron chi connectivity index (χ0n) is 75.3. The molecule has 10 nitrogen and oxygen atoms in total. The fourth-order valence-electron chi connectivity index (χ4n) is 15.2. The number of hydrogen-bond acceptors (Lipinski definition) is 10. The van der Waals surface area contributed by atoms with E-state index in [2.05, 4.69) is 99.5 Å². The molecule has 0 aliphatic carbocycles. The Morgan fingerprint density at radius 1 is 0.198 bits per heavy atom. The highest BCUT2D eigenvalue weighted by atomic mass is 16.6. The van der Waals surface area contributed by atoms with E-state index in [-0.39, 0.29) is 13.2 Å². The predicted molar refractivity (Wildman–Crippen MR) is 492 cm³/mol. The first-order valence-electron chi connectivity index (χ1n) is 48.9. The summed E-state index contributed by atoms with van der Waals surface area (Å²) < 4.78 is 55.7. The Labute approximate surface area is 711 Å². The van der Waals surface area contributed by atoms with Gasteiger partial charge in [0.05, 0.1) is 50.8 Å². The van der Waals surface area contributed by atoms with Crippen LogP contribution < -0.4 is 37.9 Å².